The lowest BCUT2D eigenvalue weighted by atomic mass is 10.0. The average Bonchev–Trinajstić information content (AvgIpc) is 2.62. The van der Waals surface area contributed by atoms with Crippen LogP contribution in [0.1, 0.15) is 40.2 Å². The highest BCUT2D eigenvalue weighted by Gasteiger charge is 2.26. The number of ether oxygens (including phenoxy) is 3. The highest BCUT2D eigenvalue weighted by atomic mass is 16.6. The van der Waals surface area contributed by atoms with Crippen LogP contribution < -0.4 is 15.4 Å². The van der Waals surface area contributed by atoms with Gasteiger partial charge in [0.2, 0.25) is 5.91 Å². The van der Waals surface area contributed by atoms with Crippen molar-refractivity contribution in [3.8, 4) is 17.8 Å². The molecule has 0 saturated carbocycles. The van der Waals surface area contributed by atoms with Crippen molar-refractivity contribution in [1.82, 2.24) is 10.6 Å². The number of nitrogens with one attached hydrogen (secondary N) is 2. The van der Waals surface area contributed by atoms with Crippen LogP contribution in [-0.2, 0) is 20.7 Å². The van der Waals surface area contributed by atoms with E-state index in [4.69, 9.17) is 9.47 Å². The van der Waals surface area contributed by atoms with Gasteiger partial charge in [-0.2, -0.15) is 0 Å². The van der Waals surface area contributed by atoms with Gasteiger partial charge in [-0.1, -0.05) is 26.0 Å². The Labute approximate surface area is 173 Å². The Morgan fingerprint density at radius 1 is 1.14 bits per heavy atom. The van der Waals surface area contributed by atoms with Crippen molar-refractivity contribution in [2.24, 2.45) is 5.92 Å². The summed E-state index contributed by atoms with van der Waals surface area (Å²) in [7, 11) is 1.50. The van der Waals surface area contributed by atoms with E-state index < -0.39 is 17.7 Å². The van der Waals surface area contributed by atoms with E-state index in [9.17, 15) is 9.59 Å². The monoisotopic (exact) mass is 404 g/mol. The van der Waals surface area contributed by atoms with E-state index in [1.807, 2.05) is 38.1 Å². The van der Waals surface area contributed by atoms with E-state index in [0.29, 0.717) is 18.7 Å². The summed E-state index contributed by atoms with van der Waals surface area (Å²) in [4.78, 5) is 24.5. The largest absolute Gasteiger partial charge is 0.481 e. The molecule has 0 aromatic heterocycles. The summed E-state index contributed by atoms with van der Waals surface area (Å²) in [5, 5.41) is 5.52. The fourth-order valence-electron chi connectivity index (χ4n) is 2.38. The number of amides is 2. The van der Waals surface area contributed by atoms with Crippen LogP contribution >= 0.6 is 0 Å². The molecule has 0 aliphatic rings. The molecule has 1 atom stereocenters. The Morgan fingerprint density at radius 3 is 2.34 bits per heavy atom. The molecule has 1 unspecified atom stereocenters. The van der Waals surface area contributed by atoms with Crippen LogP contribution in [0.15, 0.2) is 24.3 Å². The van der Waals surface area contributed by atoms with Gasteiger partial charge >= 0.3 is 6.09 Å². The average molecular weight is 405 g/mol. The smallest absolute Gasteiger partial charge is 0.408 e. The Balaban J connectivity index is 2.48. The number of rotatable bonds is 8. The predicted molar refractivity (Wildman–Crippen MR) is 111 cm³/mol. The van der Waals surface area contributed by atoms with Gasteiger partial charge in [0.1, 0.15) is 23.5 Å². The van der Waals surface area contributed by atoms with E-state index >= 15 is 0 Å². The van der Waals surface area contributed by atoms with Crippen LogP contribution in [0.3, 0.4) is 0 Å². The third-order valence-electron chi connectivity index (χ3n) is 3.74. The molecule has 2 amide bonds. The number of carbonyl (C=O) groups is 2. The summed E-state index contributed by atoms with van der Waals surface area (Å²) in [5.41, 5.74) is 0.440. The van der Waals surface area contributed by atoms with Crippen molar-refractivity contribution in [3.05, 3.63) is 29.8 Å². The lowest BCUT2D eigenvalue weighted by Crippen LogP contribution is -2.51. The molecule has 2 N–H and O–H groups in total. The van der Waals surface area contributed by atoms with Crippen LogP contribution in [0.25, 0.3) is 0 Å². The quantitative estimate of drug-likeness (QED) is 0.651. The summed E-state index contributed by atoms with van der Waals surface area (Å²) in [6, 6.07) is 6.92. The zero-order chi connectivity index (χ0) is 21.9. The van der Waals surface area contributed by atoms with Gasteiger partial charge in [0.05, 0.1) is 7.11 Å². The Hall–Kier alpha value is -2.88. The number of hydrogen-bond acceptors (Lipinski definition) is 5. The molecule has 0 aliphatic carbocycles. The molecule has 29 heavy (non-hydrogen) atoms. The van der Waals surface area contributed by atoms with Gasteiger partial charge in [-0.25, -0.2) is 4.79 Å². The second-order valence-corrected chi connectivity index (χ2v) is 7.82. The van der Waals surface area contributed by atoms with Gasteiger partial charge in [-0.15, -0.1) is 0 Å². The van der Waals surface area contributed by atoms with E-state index in [1.165, 1.54) is 7.11 Å². The fourth-order valence-corrected chi connectivity index (χ4v) is 2.38. The molecule has 7 nitrogen and oxygen atoms in total. The third-order valence-corrected chi connectivity index (χ3v) is 3.74. The minimum Gasteiger partial charge on any atom is -0.481 e. The normalized spacial score (nSPS) is 11.7. The highest BCUT2D eigenvalue weighted by Crippen LogP contribution is 2.12. The molecule has 7 heteroatoms. The first-order valence-corrected chi connectivity index (χ1v) is 9.62. The molecule has 1 aromatic rings. The zero-order valence-corrected chi connectivity index (χ0v) is 18.1. The van der Waals surface area contributed by atoms with Crippen LogP contribution in [-0.4, -0.2) is 43.9 Å². The molecule has 0 spiro atoms. The minimum atomic E-state index is -0.658. The van der Waals surface area contributed by atoms with Gasteiger partial charge in [0, 0.05) is 6.54 Å². The first-order chi connectivity index (χ1) is 13.6. The fraction of sp³-hybridized carbons (Fsp3) is 0.545. The van der Waals surface area contributed by atoms with Gasteiger partial charge in [-0.05, 0) is 56.7 Å². The maximum absolute atomic E-state index is 12.5. The molecule has 0 fully saturated rings. The van der Waals surface area contributed by atoms with E-state index in [-0.39, 0.29) is 18.4 Å². The van der Waals surface area contributed by atoms with E-state index in [1.54, 1.807) is 20.8 Å². The molecule has 0 radical (unpaired) electrons. The van der Waals surface area contributed by atoms with E-state index in [0.717, 1.165) is 5.56 Å². The number of carbonyl (C=O) groups excluding carboxylic acids is 2. The zero-order valence-electron chi connectivity index (χ0n) is 18.1. The van der Waals surface area contributed by atoms with Crippen molar-refractivity contribution in [2.45, 2.75) is 52.7 Å². The number of methoxy groups -OCH3 is 1. The highest BCUT2D eigenvalue weighted by molar-refractivity contribution is 5.85. The summed E-state index contributed by atoms with van der Waals surface area (Å²) < 4.78 is 15.3. The molecule has 1 rings (SSSR count). The predicted octanol–water partition coefficient (Wildman–Crippen LogP) is 2.88. The first-order valence-electron chi connectivity index (χ1n) is 9.62. The lowest BCUT2D eigenvalue weighted by molar-refractivity contribution is -0.124. The number of hydrogen-bond donors (Lipinski definition) is 2. The van der Waals surface area contributed by atoms with Crippen molar-refractivity contribution in [3.63, 3.8) is 0 Å². The van der Waals surface area contributed by atoms with E-state index in [2.05, 4.69) is 27.4 Å². The molecular weight excluding hydrogens is 372 g/mol. The van der Waals surface area contributed by atoms with Crippen LogP contribution in [0.2, 0.25) is 0 Å². The topological polar surface area (TPSA) is 85.9 Å². The van der Waals surface area contributed by atoms with Crippen molar-refractivity contribution in [2.75, 3.05) is 20.3 Å². The van der Waals surface area contributed by atoms with Crippen LogP contribution in [0.4, 0.5) is 4.79 Å². The SMILES string of the molecule is COC#CCOc1ccc(CCNC(=O)C(NC(=O)OC(C)(C)C)C(C)C)cc1. The Morgan fingerprint density at radius 2 is 1.79 bits per heavy atom. The van der Waals surface area contributed by atoms with Gasteiger partial charge in [0.15, 0.2) is 6.61 Å². The van der Waals surface area contributed by atoms with Gasteiger partial charge < -0.3 is 24.8 Å². The van der Waals surface area contributed by atoms with Crippen LogP contribution in [0.5, 0.6) is 5.75 Å². The third kappa shape index (κ3) is 10.3. The molecule has 160 valence electrons. The molecule has 0 heterocycles. The van der Waals surface area contributed by atoms with Crippen LogP contribution in [0, 0.1) is 17.9 Å². The second-order valence-electron chi connectivity index (χ2n) is 7.82. The molecule has 0 aliphatic heterocycles. The second kappa shape index (κ2) is 11.8. The molecule has 0 bridgehead atoms. The molecule has 1 aromatic carbocycles. The lowest BCUT2D eigenvalue weighted by Gasteiger charge is -2.25. The maximum Gasteiger partial charge on any atom is 0.408 e. The van der Waals surface area contributed by atoms with Gasteiger partial charge in [-0.3, -0.25) is 4.79 Å². The number of benzene rings is 1. The van der Waals surface area contributed by atoms with Crippen molar-refractivity contribution >= 4 is 12.0 Å². The Bertz CT molecular complexity index is 711. The van der Waals surface area contributed by atoms with Gasteiger partial charge in [0.25, 0.3) is 0 Å². The van der Waals surface area contributed by atoms with Crippen molar-refractivity contribution < 1.29 is 23.8 Å². The number of alkyl carbamates (subject to hydrolysis) is 1. The summed E-state index contributed by atoms with van der Waals surface area (Å²) in [6.45, 7) is 9.79. The standard InChI is InChI=1S/C22H32N2O5/c1-16(2)19(24-21(26)29-22(3,4)5)20(25)23-13-12-17-8-10-18(11-9-17)28-15-7-14-27-6/h8-11,16,19H,12-13,15H2,1-6H3,(H,23,25)(H,24,26). The molecular formula is C22H32N2O5. The molecule has 0 saturated heterocycles. The first kappa shape index (κ1) is 24.2. The Kier molecular flexibility index (Phi) is 9.87. The maximum atomic E-state index is 12.5. The summed E-state index contributed by atoms with van der Waals surface area (Å²) >= 11 is 0. The van der Waals surface area contributed by atoms with Crippen molar-refractivity contribution in [1.29, 1.82) is 0 Å². The summed E-state index contributed by atoms with van der Waals surface area (Å²) in [5.74, 6) is 3.12. The minimum absolute atomic E-state index is 0.0693. The summed E-state index contributed by atoms with van der Waals surface area (Å²) in [6.07, 6.45) is 2.52.